The van der Waals surface area contributed by atoms with E-state index in [1.807, 2.05) is 42.7 Å². The number of carbonyl (C=O) groups is 1. The minimum Gasteiger partial charge on any atom is -0.497 e. The fourth-order valence-corrected chi connectivity index (χ4v) is 3.41. The lowest BCUT2D eigenvalue weighted by Crippen LogP contribution is -2.32. The molecule has 1 aromatic carbocycles. The number of amides is 1. The maximum atomic E-state index is 12.2. The molecule has 1 heterocycles. The summed E-state index contributed by atoms with van der Waals surface area (Å²) < 4.78 is 7.12. The van der Waals surface area contributed by atoms with Crippen molar-refractivity contribution in [3.63, 3.8) is 0 Å². The van der Waals surface area contributed by atoms with Crippen molar-refractivity contribution in [3.8, 4) is 5.75 Å². The molecule has 0 fully saturated rings. The summed E-state index contributed by atoms with van der Waals surface area (Å²) in [4.78, 5) is 18.4. The molecule has 2 aromatic rings. The van der Waals surface area contributed by atoms with Gasteiger partial charge in [-0.2, -0.15) is 0 Å². The summed E-state index contributed by atoms with van der Waals surface area (Å²) in [5, 5.41) is 10.3. The molecule has 1 aromatic heterocycles. The molecule has 0 aliphatic heterocycles. The molecule has 136 valence electrons. The molecule has 0 aliphatic rings. The second kappa shape index (κ2) is 9.48. The van der Waals surface area contributed by atoms with Gasteiger partial charge in [0.25, 0.3) is 0 Å². The number of ether oxygens (including phenoxy) is 1. The van der Waals surface area contributed by atoms with Gasteiger partial charge in [0.05, 0.1) is 31.4 Å². The first-order valence-electron chi connectivity index (χ1n) is 8.31. The number of benzene rings is 1. The van der Waals surface area contributed by atoms with Crippen molar-refractivity contribution >= 4 is 17.7 Å². The van der Waals surface area contributed by atoms with E-state index in [1.54, 1.807) is 18.2 Å². The van der Waals surface area contributed by atoms with Gasteiger partial charge in [-0.3, -0.25) is 4.79 Å². The number of nitrogens with zero attached hydrogens (tertiary/aromatic N) is 3. The van der Waals surface area contributed by atoms with Crippen LogP contribution in [0.25, 0.3) is 0 Å². The van der Waals surface area contributed by atoms with Gasteiger partial charge in [0.2, 0.25) is 5.91 Å². The standard InChI is InChI=1S/C18H25N3O3S/c1-4-20(5-2)17(23)13-25-18-19-10-15(12-22)21(18)11-14-6-8-16(24-3)9-7-14/h6-10,22H,4-5,11-13H2,1-3H3. The second-order valence-corrected chi connectivity index (χ2v) is 6.42. The Morgan fingerprint density at radius 3 is 2.52 bits per heavy atom. The van der Waals surface area contributed by atoms with E-state index in [2.05, 4.69) is 4.98 Å². The van der Waals surface area contributed by atoms with E-state index in [0.717, 1.165) is 22.2 Å². The first-order valence-corrected chi connectivity index (χ1v) is 9.30. The van der Waals surface area contributed by atoms with E-state index < -0.39 is 0 Å². The largest absolute Gasteiger partial charge is 0.497 e. The molecule has 0 bridgehead atoms. The second-order valence-electron chi connectivity index (χ2n) is 5.48. The van der Waals surface area contributed by atoms with Crippen molar-refractivity contribution in [1.29, 1.82) is 0 Å². The minimum atomic E-state index is -0.0896. The molecule has 0 radical (unpaired) electrons. The number of methoxy groups -OCH3 is 1. The van der Waals surface area contributed by atoms with Crippen LogP contribution in [0.5, 0.6) is 5.75 Å². The molecule has 0 unspecified atom stereocenters. The maximum Gasteiger partial charge on any atom is 0.233 e. The van der Waals surface area contributed by atoms with Crippen molar-refractivity contribution in [2.45, 2.75) is 32.2 Å². The lowest BCUT2D eigenvalue weighted by molar-refractivity contribution is -0.127. The molecular formula is C18H25N3O3S. The zero-order valence-corrected chi connectivity index (χ0v) is 15.8. The fraction of sp³-hybridized carbons (Fsp3) is 0.444. The summed E-state index contributed by atoms with van der Waals surface area (Å²) in [6, 6.07) is 7.77. The van der Waals surface area contributed by atoms with Crippen LogP contribution >= 0.6 is 11.8 Å². The van der Waals surface area contributed by atoms with Crippen LogP contribution in [0, 0.1) is 0 Å². The first-order chi connectivity index (χ1) is 12.1. The highest BCUT2D eigenvalue weighted by Gasteiger charge is 2.15. The van der Waals surface area contributed by atoms with Crippen LogP contribution in [0.15, 0.2) is 35.6 Å². The Balaban J connectivity index is 2.11. The molecule has 2 rings (SSSR count). The minimum absolute atomic E-state index is 0.0896. The number of thioether (sulfide) groups is 1. The van der Waals surface area contributed by atoms with Gasteiger partial charge >= 0.3 is 0 Å². The van der Waals surface area contributed by atoms with Crippen LogP contribution in [-0.2, 0) is 17.9 Å². The molecular weight excluding hydrogens is 338 g/mol. The Morgan fingerprint density at radius 1 is 1.28 bits per heavy atom. The zero-order chi connectivity index (χ0) is 18.2. The van der Waals surface area contributed by atoms with Crippen molar-refractivity contribution < 1.29 is 14.6 Å². The highest BCUT2D eigenvalue weighted by atomic mass is 32.2. The zero-order valence-electron chi connectivity index (χ0n) is 14.9. The average Bonchev–Trinajstić information content (AvgIpc) is 3.03. The number of aromatic nitrogens is 2. The van der Waals surface area contributed by atoms with Crippen LogP contribution < -0.4 is 4.74 Å². The monoisotopic (exact) mass is 363 g/mol. The van der Waals surface area contributed by atoms with Gasteiger partial charge in [-0.25, -0.2) is 4.98 Å². The van der Waals surface area contributed by atoms with Crippen molar-refractivity contribution in [3.05, 3.63) is 41.7 Å². The fourth-order valence-electron chi connectivity index (χ4n) is 2.51. The number of aliphatic hydroxyl groups is 1. The maximum absolute atomic E-state index is 12.2. The molecule has 0 atom stereocenters. The van der Waals surface area contributed by atoms with Gasteiger partial charge in [0.15, 0.2) is 5.16 Å². The Labute approximate surface area is 152 Å². The Morgan fingerprint density at radius 2 is 1.96 bits per heavy atom. The Kier molecular flexibility index (Phi) is 7.33. The van der Waals surface area contributed by atoms with Crippen molar-refractivity contribution in [2.75, 3.05) is 26.0 Å². The van der Waals surface area contributed by atoms with Gasteiger partial charge < -0.3 is 19.3 Å². The third-order valence-electron chi connectivity index (χ3n) is 4.00. The summed E-state index contributed by atoms with van der Waals surface area (Å²) in [5.74, 6) is 1.24. The summed E-state index contributed by atoms with van der Waals surface area (Å²) in [6.07, 6.45) is 1.66. The SMILES string of the molecule is CCN(CC)C(=O)CSc1ncc(CO)n1Cc1ccc(OC)cc1. The van der Waals surface area contributed by atoms with E-state index in [4.69, 9.17) is 4.74 Å². The van der Waals surface area contributed by atoms with E-state index >= 15 is 0 Å². The third kappa shape index (κ3) is 4.99. The van der Waals surface area contributed by atoms with Gasteiger partial charge in [0, 0.05) is 19.6 Å². The number of imidazole rings is 1. The van der Waals surface area contributed by atoms with E-state index in [1.165, 1.54) is 11.8 Å². The number of hydrogen-bond donors (Lipinski definition) is 1. The summed E-state index contributed by atoms with van der Waals surface area (Å²) in [7, 11) is 1.64. The normalized spacial score (nSPS) is 10.7. The van der Waals surface area contributed by atoms with Gasteiger partial charge in [-0.15, -0.1) is 0 Å². The average molecular weight is 363 g/mol. The number of hydrogen-bond acceptors (Lipinski definition) is 5. The number of carbonyl (C=O) groups excluding carboxylic acids is 1. The predicted octanol–water partition coefficient (Wildman–Crippen LogP) is 2.39. The molecule has 0 aliphatic carbocycles. The molecule has 0 saturated heterocycles. The summed E-state index contributed by atoms with van der Waals surface area (Å²) in [5.41, 5.74) is 1.80. The summed E-state index contributed by atoms with van der Waals surface area (Å²) in [6.45, 7) is 5.85. The van der Waals surface area contributed by atoms with Crippen LogP contribution in [-0.4, -0.2) is 51.4 Å². The van der Waals surface area contributed by atoms with E-state index in [0.29, 0.717) is 25.4 Å². The number of aliphatic hydroxyl groups excluding tert-OH is 1. The quantitative estimate of drug-likeness (QED) is 0.693. The highest BCUT2D eigenvalue weighted by Crippen LogP contribution is 2.22. The Hall–Kier alpha value is -1.99. The topological polar surface area (TPSA) is 67.6 Å². The van der Waals surface area contributed by atoms with Gasteiger partial charge in [-0.05, 0) is 31.5 Å². The van der Waals surface area contributed by atoms with Crippen LogP contribution in [0.3, 0.4) is 0 Å². The van der Waals surface area contributed by atoms with Crippen molar-refractivity contribution in [1.82, 2.24) is 14.5 Å². The highest BCUT2D eigenvalue weighted by molar-refractivity contribution is 7.99. The lowest BCUT2D eigenvalue weighted by Gasteiger charge is -2.18. The number of rotatable bonds is 9. The summed E-state index contributed by atoms with van der Waals surface area (Å²) >= 11 is 1.40. The third-order valence-corrected chi connectivity index (χ3v) is 4.98. The van der Waals surface area contributed by atoms with Crippen molar-refractivity contribution in [2.24, 2.45) is 0 Å². The predicted molar refractivity (Wildman–Crippen MR) is 98.9 cm³/mol. The van der Waals surface area contributed by atoms with Gasteiger partial charge in [0.1, 0.15) is 5.75 Å². The first kappa shape index (κ1) is 19.3. The van der Waals surface area contributed by atoms with Crippen LogP contribution in [0.4, 0.5) is 0 Å². The van der Waals surface area contributed by atoms with Crippen LogP contribution in [0.2, 0.25) is 0 Å². The molecule has 7 heteroatoms. The lowest BCUT2D eigenvalue weighted by atomic mass is 10.2. The van der Waals surface area contributed by atoms with E-state index in [9.17, 15) is 9.90 Å². The molecule has 6 nitrogen and oxygen atoms in total. The molecule has 0 spiro atoms. The van der Waals surface area contributed by atoms with Gasteiger partial charge in [-0.1, -0.05) is 23.9 Å². The Bertz CT molecular complexity index is 681. The molecule has 0 saturated carbocycles. The van der Waals surface area contributed by atoms with E-state index in [-0.39, 0.29) is 12.5 Å². The smallest absolute Gasteiger partial charge is 0.233 e. The van der Waals surface area contributed by atoms with Crippen LogP contribution in [0.1, 0.15) is 25.1 Å². The molecule has 1 N–H and O–H groups in total. The molecule has 1 amide bonds. The molecule has 25 heavy (non-hydrogen) atoms.